The molecule has 2 fully saturated rings. The number of thioether (sulfide) groups is 1. The number of carbonyl (C=O) groups is 1. The van der Waals surface area contributed by atoms with Gasteiger partial charge in [-0.2, -0.15) is 16.7 Å². The fourth-order valence-electron chi connectivity index (χ4n) is 4.17. The lowest BCUT2D eigenvalue weighted by molar-refractivity contribution is -0.136. The highest BCUT2D eigenvalue weighted by Gasteiger charge is 2.30. The highest BCUT2D eigenvalue weighted by molar-refractivity contribution is 7.99. The molecule has 2 aliphatic rings. The zero-order chi connectivity index (χ0) is 21.6. The van der Waals surface area contributed by atoms with Crippen LogP contribution >= 0.6 is 11.8 Å². The first-order valence-electron chi connectivity index (χ1n) is 10.9. The number of amides is 1. The van der Waals surface area contributed by atoms with Gasteiger partial charge in [-0.15, -0.1) is 0 Å². The molecule has 1 aromatic carbocycles. The standard InChI is InChI=1S/C23H30N4O3S/c1-16-24-21(15-22(25-16)30-20-9-7-19(29-2)8-10-20)26-18-5-3-17(4-6-18)23(28)27-11-13-31-14-12-27/h7-10,15,17-18H,3-6,11-14H2,1-2H3,(H,24,25,26). The van der Waals surface area contributed by atoms with Crippen LogP contribution in [-0.4, -0.2) is 58.5 Å². The van der Waals surface area contributed by atoms with Crippen molar-refractivity contribution in [1.82, 2.24) is 14.9 Å². The number of methoxy groups -OCH3 is 1. The average molecular weight is 443 g/mol. The molecule has 1 N–H and O–H groups in total. The van der Waals surface area contributed by atoms with Gasteiger partial charge in [-0.3, -0.25) is 4.79 Å². The number of anilines is 1. The molecule has 1 aliphatic carbocycles. The van der Waals surface area contributed by atoms with Crippen molar-refractivity contribution in [2.45, 2.75) is 38.6 Å². The molecule has 166 valence electrons. The van der Waals surface area contributed by atoms with Gasteiger partial charge in [0.1, 0.15) is 23.1 Å². The molecule has 7 nitrogen and oxygen atoms in total. The maximum atomic E-state index is 12.8. The number of aryl methyl sites for hydroxylation is 1. The summed E-state index contributed by atoms with van der Waals surface area (Å²) in [4.78, 5) is 23.8. The van der Waals surface area contributed by atoms with E-state index in [-0.39, 0.29) is 5.92 Å². The van der Waals surface area contributed by atoms with Crippen LogP contribution in [0.5, 0.6) is 17.4 Å². The van der Waals surface area contributed by atoms with E-state index in [0.717, 1.165) is 61.8 Å². The van der Waals surface area contributed by atoms with E-state index in [0.29, 0.717) is 29.4 Å². The van der Waals surface area contributed by atoms with Gasteiger partial charge in [-0.1, -0.05) is 0 Å². The largest absolute Gasteiger partial charge is 0.497 e. The Morgan fingerprint density at radius 3 is 2.42 bits per heavy atom. The normalized spacial score (nSPS) is 21.4. The lowest BCUT2D eigenvalue weighted by Gasteiger charge is -2.34. The molecule has 1 aliphatic heterocycles. The summed E-state index contributed by atoms with van der Waals surface area (Å²) in [5.74, 6) is 6.05. The summed E-state index contributed by atoms with van der Waals surface area (Å²) in [6.07, 6.45) is 3.80. The van der Waals surface area contributed by atoms with E-state index in [4.69, 9.17) is 9.47 Å². The van der Waals surface area contributed by atoms with Gasteiger partial charge >= 0.3 is 0 Å². The first-order chi connectivity index (χ1) is 15.1. The van der Waals surface area contributed by atoms with Crippen LogP contribution < -0.4 is 14.8 Å². The Hall–Kier alpha value is -2.48. The van der Waals surface area contributed by atoms with Crippen molar-refractivity contribution in [3.63, 3.8) is 0 Å². The van der Waals surface area contributed by atoms with Crippen molar-refractivity contribution < 1.29 is 14.3 Å². The van der Waals surface area contributed by atoms with Crippen LogP contribution in [0.1, 0.15) is 31.5 Å². The molecule has 1 amide bonds. The number of hydrogen-bond donors (Lipinski definition) is 1. The number of benzene rings is 1. The van der Waals surface area contributed by atoms with E-state index in [9.17, 15) is 4.79 Å². The van der Waals surface area contributed by atoms with Crippen molar-refractivity contribution in [2.75, 3.05) is 37.0 Å². The fourth-order valence-corrected chi connectivity index (χ4v) is 5.07. The Labute approximate surface area is 187 Å². The molecule has 1 aromatic heterocycles. The van der Waals surface area contributed by atoms with Gasteiger partial charge in [0.25, 0.3) is 0 Å². The number of nitrogens with zero attached hydrogens (tertiary/aromatic N) is 3. The first-order valence-corrected chi connectivity index (χ1v) is 12.1. The zero-order valence-electron chi connectivity index (χ0n) is 18.2. The second-order valence-corrected chi connectivity index (χ2v) is 9.27. The molecule has 8 heteroatoms. The average Bonchev–Trinajstić information content (AvgIpc) is 2.80. The highest BCUT2D eigenvalue weighted by atomic mass is 32.2. The van der Waals surface area contributed by atoms with Crippen molar-refractivity contribution in [1.29, 1.82) is 0 Å². The van der Waals surface area contributed by atoms with Crippen LogP contribution in [0.3, 0.4) is 0 Å². The van der Waals surface area contributed by atoms with E-state index < -0.39 is 0 Å². The molecule has 0 unspecified atom stereocenters. The predicted molar refractivity (Wildman–Crippen MR) is 123 cm³/mol. The van der Waals surface area contributed by atoms with E-state index in [2.05, 4.69) is 20.2 Å². The van der Waals surface area contributed by atoms with E-state index in [1.807, 2.05) is 49.0 Å². The third-order valence-electron chi connectivity index (χ3n) is 5.85. The molecule has 2 aromatic rings. The van der Waals surface area contributed by atoms with E-state index in [1.54, 1.807) is 7.11 Å². The molecule has 0 atom stereocenters. The number of aromatic nitrogens is 2. The predicted octanol–water partition coefficient (Wildman–Crippen LogP) is 4.13. The lowest BCUT2D eigenvalue weighted by atomic mass is 9.85. The summed E-state index contributed by atoms with van der Waals surface area (Å²) in [7, 11) is 1.64. The second kappa shape index (κ2) is 10.2. The highest BCUT2D eigenvalue weighted by Crippen LogP contribution is 2.30. The van der Waals surface area contributed by atoms with E-state index in [1.165, 1.54) is 0 Å². The Balaban J connectivity index is 1.32. The van der Waals surface area contributed by atoms with Crippen molar-refractivity contribution in [2.24, 2.45) is 5.92 Å². The summed E-state index contributed by atoms with van der Waals surface area (Å²) in [5, 5.41) is 3.53. The molecule has 1 saturated carbocycles. The summed E-state index contributed by atoms with van der Waals surface area (Å²) >= 11 is 1.94. The van der Waals surface area contributed by atoms with Crippen molar-refractivity contribution in [3.8, 4) is 17.4 Å². The monoisotopic (exact) mass is 442 g/mol. The van der Waals surface area contributed by atoms with Gasteiger partial charge in [0.15, 0.2) is 0 Å². The molecule has 1 saturated heterocycles. The number of carbonyl (C=O) groups excluding carboxylic acids is 1. The molecule has 31 heavy (non-hydrogen) atoms. The first kappa shape index (κ1) is 21.7. The number of hydrogen-bond acceptors (Lipinski definition) is 7. The summed E-state index contributed by atoms with van der Waals surface area (Å²) < 4.78 is 11.1. The Kier molecular flexibility index (Phi) is 7.17. The summed E-state index contributed by atoms with van der Waals surface area (Å²) in [5.41, 5.74) is 0. The Morgan fingerprint density at radius 2 is 1.74 bits per heavy atom. The van der Waals surface area contributed by atoms with Crippen LogP contribution in [0.25, 0.3) is 0 Å². The van der Waals surface area contributed by atoms with Crippen molar-refractivity contribution >= 4 is 23.5 Å². The maximum absolute atomic E-state index is 12.8. The van der Waals surface area contributed by atoms with Crippen LogP contribution in [0.15, 0.2) is 30.3 Å². The van der Waals surface area contributed by atoms with Gasteiger partial charge < -0.3 is 19.7 Å². The quantitative estimate of drug-likeness (QED) is 0.721. The van der Waals surface area contributed by atoms with Gasteiger partial charge in [-0.05, 0) is 56.9 Å². The van der Waals surface area contributed by atoms with Gasteiger partial charge in [0.2, 0.25) is 11.8 Å². The van der Waals surface area contributed by atoms with Crippen LogP contribution in [-0.2, 0) is 4.79 Å². The van der Waals surface area contributed by atoms with Crippen molar-refractivity contribution in [3.05, 3.63) is 36.2 Å². The van der Waals surface area contributed by atoms with Gasteiger partial charge in [0, 0.05) is 42.6 Å². The number of ether oxygens (including phenoxy) is 2. The molecule has 0 radical (unpaired) electrons. The van der Waals surface area contributed by atoms with Crippen LogP contribution in [0, 0.1) is 12.8 Å². The lowest BCUT2D eigenvalue weighted by Crippen LogP contribution is -2.43. The minimum atomic E-state index is 0.169. The smallest absolute Gasteiger partial charge is 0.225 e. The minimum Gasteiger partial charge on any atom is -0.497 e. The van der Waals surface area contributed by atoms with Crippen LogP contribution in [0.4, 0.5) is 5.82 Å². The Bertz CT molecular complexity index is 879. The molecule has 0 bridgehead atoms. The zero-order valence-corrected chi connectivity index (χ0v) is 19.0. The summed E-state index contributed by atoms with van der Waals surface area (Å²) in [6.45, 7) is 3.66. The van der Waals surface area contributed by atoms with Gasteiger partial charge in [0.05, 0.1) is 7.11 Å². The maximum Gasteiger partial charge on any atom is 0.225 e. The second-order valence-electron chi connectivity index (χ2n) is 8.05. The molecular formula is C23H30N4O3S. The minimum absolute atomic E-state index is 0.169. The summed E-state index contributed by atoms with van der Waals surface area (Å²) in [6, 6.07) is 9.55. The fraction of sp³-hybridized carbons (Fsp3) is 0.522. The number of rotatable bonds is 6. The van der Waals surface area contributed by atoms with Crippen LogP contribution in [0.2, 0.25) is 0 Å². The number of nitrogens with one attached hydrogen (secondary N) is 1. The third-order valence-corrected chi connectivity index (χ3v) is 6.79. The molecule has 4 rings (SSSR count). The SMILES string of the molecule is COc1ccc(Oc2cc(NC3CCC(C(=O)N4CCSCC4)CC3)nc(C)n2)cc1. The topological polar surface area (TPSA) is 76.6 Å². The molecular weight excluding hydrogens is 412 g/mol. The van der Waals surface area contributed by atoms with E-state index >= 15 is 0 Å². The molecule has 0 spiro atoms. The molecule has 2 heterocycles. The van der Waals surface area contributed by atoms with Gasteiger partial charge in [-0.25, -0.2) is 4.98 Å². The Morgan fingerprint density at radius 1 is 1.06 bits per heavy atom. The third kappa shape index (κ3) is 5.81.